The third-order valence-electron chi connectivity index (χ3n) is 3.57. The van der Waals surface area contributed by atoms with Gasteiger partial charge in [0.2, 0.25) is 0 Å². The lowest BCUT2D eigenvalue weighted by Crippen LogP contribution is -2.59. The largest absolute Gasteiger partial charge is 0.544 e. The van der Waals surface area contributed by atoms with Crippen LogP contribution < -0.4 is 5.11 Å². The van der Waals surface area contributed by atoms with Crippen LogP contribution in [0.1, 0.15) is 45.4 Å². The molecule has 0 rings (SSSR count). The van der Waals surface area contributed by atoms with Gasteiger partial charge in [-0.05, 0) is 12.8 Å². The maximum atomic E-state index is 11.0. The zero-order chi connectivity index (χ0) is 17.7. The quantitative estimate of drug-likeness (QED) is 0.274. The molecule has 0 aromatic rings. The highest BCUT2D eigenvalue weighted by Crippen LogP contribution is 2.10. The summed E-state index contributed by atoms with van der Waals surface area (Å²) in [4.78, 5) is 32.8. The predicted octanol–water partition coefficient (Wildman–Crippen LogP) is 0.639. The van der Waals surface area contributed by atoms with Crippen LogP contribution in [0.4, 0.5) is 0 Å². The average molecular weight is 329 g/mol. The zero-order valence-corrected chi connectivity index (χ0v) is 13.7. The Hall–Kier alpha value is -1.89. The molecule has 132 valence electrons. The smallest absolute Gasteiger partial charge is 0.359 e. The Morgan fingerprint density at radius 3 is 1.96 bits per heavy atom. The molecule has 0 unspecified atom stereocenters. The van der Waals surface area contributed by atoms with Gasteiger partial charge in [0.15, 0.2) is 13.1 Å². The molecule has 0 aliphatic rings. The fourth-order valence-corrected chi connectivity index (χ4v) is 2.53. The van der Waals surface area contributed by atoms with E-state index < -0.39 is 42.0 Å². The van der Waals surface area contributed by atoms with E-state index in [2.05, 4.69) is 6.92 Å². The molecule has 0 bridgehead atoms. The lowest BCUT2D eigenvalue weighted by atomic mass is 10.1. The monoisotopic (exact) mass is 329 g/mol. The molecule has 0 aliphatic carbocycles. The number of hydrogen-bond donors (Lipinski definition) is 2. The van der Waals surface area contributed by atoms with Crippen molar-refractivity contribution in [1.29, 1.82) is 0 Å². The number of quaternary nitrogens is 1. The van der Waals surface area contributed by atoms with Gasteiger partial charge in [0.1, 0.15) is 6.54 Å². The summed E-state index contributed by atoms with van der Waals surface area (Å²) >= 11 is 0. The van der Waals surface area contributed by atoms with Gasteiger partial charge in [-0.25, -0.2) is 9.59 Å². The van der Waals surface area contributed by atoms with Crippen molar-refractivity contribution >= 4 is 17.9 Å². The molecule has 0 saturated carbocycles. The SMILES string of the molecule is CCCCCC/C=C/CC[N+](CC(=O)[O-])(CC(=O)O)CC(=O)O. The topological polar surface area (TPSA) is 115 Å². The van der Waals surface area contributed by atoms with E-state index in [9.17, 15) is 19.5 Å². The van der Waals surface area contributed by atoms with Crippen molar-refractivity contribution in [2.75, 3.05) is 26.2 Å². The number of nitrogens with zero attached hydrogens (tertiary/aromatic N) is 1. The van der Waals surface area contributed by atoms with Crippen molar-refractivity contribution in [3.05, 3.63) is 12.2 Å². The van der Waals surface area contributed by atoms with E-state index in [1.54, 1.807) is 0 Å². The van der Waals surface area contributed by atoms with E-state index in [4.69, 9.17) is 10.2 Å². The molecule has 0 saturated heterocycles. The van der Waals surface area contributed by atoms with E-state index in [0.717, 1.165) is 25.7 Å². The summed E-state index contributed by atoms with van der Waals surface area (Å²) < 4.78 is -0.548. The molecule has 0 spiro atoms. The minimum Gasteiger partial charge on any atom is -0.544 e. The normalized spacial score (nSPS) is 11.7. The van der Waals surface area contributed by atoms with E-state index >= 15 is 0 Å². The summed E-state index contributed by atoms with van der Waals surface area (Å²) in [7, 11) is 0. The molecular formula is C16H27NO6. The molecule has 0 radical (unpaired) electrons. The summed E-state index contributed by atoms with van der Waals surface area (Å²) in [6, 6.07) is 0. The van der Waals surface area contributed by atoms with Crippen LogP contribution in [0.5, 0.6) is 0 Å². The fourth-order valence-electron chi connectivity index (χ4n) is 2.53. The van der Waals surface area contributed by atoms with Gasteiger partial charge < -0.3 is 24.6 Å². The van der Waals surface area contributed by atoms with Crippen molar-refractivity contribution in [3.63, 3.8) is 0 Å². The Labute approximate surface area is 136 Å². The minimum atomic E-state index is -1.45. The van der Waals surface area contributed by atoms with Gasteiger partial charge in [-0.3, -0.25) is 0 Å². The third kappa shape index (κ3) is 11.3. The first-order valence-electron chi connectivity index (χ1n) is 7.95. The van der Waals surface area contributed by atoms with Crippen molar-refractivity contribution in [1.82, 2.24) is 0 Å². The molecule has 7 nitrogen and oxygen atoms in total. The number of carbonyl (C=O) groups excluding carboxylic acids is 1. The first-order valence-corrected chi connectivity index (χ1v) is 7.95. The van der Waals surface area contributed by atoms with Crippen LogP contribution in [0.3, 0.4) is 0 Å². The molecular weight excluding hydrogens is 302 g/mol. The molecule has 0 aromatic carbocycles. The molecule has 0 amide bonds. The Morgan fingerprint density at radius 1 is 0.913 bits per heavy atom. The van der Waals surface area contributed by atoms with Gasteiger partial charge in [-0.15, -0.1) is 0 Å². The van der Waals surface area contributed by atoms with E-state index in [1.807, 2.05) is 12.2 Å². The highest BCUT2D eigenvalue weighted by Gasteiger charge is 2.32. The Morgan fingerprint density at radius 2 is 1.48 bits per heavy atom. The van der Waals surface area contributed by atoms with Crippen LogP contribution in [0, 0.1) is 0 Å². The van der Waals surface area contributed by atoms with Crippen LogP contribution in [0.15, 0.2) is 12.2 Å². The predicted molar refractivity (Wildman–Crippen MR) is 82.5 cm³/mol. The molecule has 0 heterocycles. The number of rotatable bonds is 14. The van der Waals surface area contributed by atoms with Crippen LogP contribution in [-0.2, 0) is 14.4 Å². The Balaban J connectivity index is 4.60. The van der Waals surface area contributed by atoms with Gasteiger partial charge in [-0.1, -0.05) is 38.3 Å². The fraction of sp³-hybridized carbons (Fsp3) is 0.688. The molecule has 7 heteroatoms. The van der Waals surface area contributed by atoms with E-state index in [-0.39, 0.29) is 6.54 Å². The molecule has 0 aromatic heterocycles. The minimum absolute atomic E-state index is 0.137. The number of allylic oxidation sites excluding steroid dienone is 1. The standard InChI is InChI=1S/C16H27NO6/c1-2-3-4-5-6-7-8-9-10-17(11-14(18)19,12-15(20)21)13-16(22)23/h7-8H,2-6,9-13H2,1H3,(H2-,18,19,20,21,22,23)/b8-7+. The summed E-state index contributed by atoms with van der Waals surface area (Å²) in [6.45, 7) is 0.547. The number of carboxylic acids is 3. The van der Waals surface area contributed by atoms with Crippen molar-refractivity contribution in [2.45, 2.75) is 45.4 Å². The van der Waals surface area contributed by atoms with Gasteiger partial charge in [-0.2, -0.15) is 0 Å². The van der Waals surface area contributed by atoms with Crippen LogP contribution in [0.25, 0.3) is 0 Å². The highest BCUT2D eigenvalue weighted by atomic mass is 16.4. The van der Waals surface area contributed by atoms with Crippen molar-refractivity contribution < 1.29 is 34.2 Å². The maximum Gasteiger partial charge on any atom is 0.359 e. The maximum absolute atomic E-state index is 11.0. The van der Waals surface area contributed by atoms with E-state index in [1.165, 1.54) is 6.42 Å². The lowest BCUT2D eigenvalue weighted by molar-refractivity contribution is -0.908. The molecule has 2 N–H and O–H groups in total. The van der Waals surface area contributed by atoms with Crippen molar-refractivity contribution in [2.24, 2.45) is 0 Å². The first-order chi connectivity index (χ1) is 10.8. The van der Waals surface area contributed by atoms with Gasteiger partial charge in [0.25, 0.3) is 0 Å². The zero-order valence-electron chi connectivity index (χ0n) is 13.7. The van der Waals surface area contributed by atoms with Crippen molar-refractivity contribution in [3.8, 4) is 0 Å². The summed E-state index contributed by atoms with van der Waals surface area (Å²) in [6.07, 6.45) is 9.77. The van der Waals surface area contributed by atoms with Crippen LogP contribution in [0.2, 0.25) is 0 Å². The second kappa shape index (κ2) is 11.6. The average Bonchev–Trinajstić information content (AvgIpc) is 2.39. The molecule has 23 heavy (non-hydrogen) atoms. The number of carbonyl (C=O) groups is 3. The highest BCUT2D eigenvalue weighted by molar-refractivity contribution is 5.72. The first kappa shape index (κ1) is 21.1. The number of carboxylic acid groups (broad SMARTS) is 3. The van der Waals surface area contributed by atoms with Crippen LogP contribution in [-0.4, -0.2) is 58.8 Å². The van der Waals surface area contributed by atoms with Gasteiger partial charge >= 0.3 is 11.9 Å². The summed E-state index contributed by atoms with van der Waals surface area (Å²) in [5.74, 6) is -3.90. The molecule has 0 fully saturated rings. The number of unbranched alkanes of at least 4 members (excludes halogenated alkanes) is 4. The molecule has 0 aliphatic heterocycles. The number of hydrogen-bond acceptors (Lipinski definition) is 4. The van der Waals surface area contributed by atoms with Crippen LogP contribution >= 0.6 is 0 Å². The summed E-state index contributed by atoms with van der Waals surface area (Å²) in [5.41, 5.74) is 0. The number of aliphatic carboxylic acids is 3. The second-order valence-corrected chi connectivity index (χ2v) is 5.81. The second-order valence-electron chi connectivity index (χ2n) is 5.81. The van der Waals surface area contributed by atoms with Gasteiger partial charge in [0.05, 0.1) is 12.5 Å². The lowest BCUT2D eigenvalue weighted by Gasteiger charge is -2.35. The Kier molecular flexibility index (Phi) is 10.7. The third-order valence-corrected chi connectivity index (χ3v) is 3.57. The summed E-state index contributed by atoms with van der Waals surface area (Å²) in [5, 5.41) is 28.8. The molecule has 0 atom stereocenters. The van der Waals surface area contributed by atoms with E-state index in [0.29, 0.717) is 6.42 Å². The Bertz CT molecular complexity index is 378. The van der Waals surface area contributed by atoms with Gasteiger partial charge in [0, 0.05) is 6.42 Å².